The van der Waals surface area contributed by atoms with E-state index in [9.17, 15) is 0 Å². The molecule has 0 bridgehead atoms. The van der Waals surface area contributed by atoms with Crippen molar-refractivity contribution in [1.82, 2.24) is 4.98 Å². The van der Waals surface area contributed by atoms with Crippen molar-refractivity contribution in [2.75, 3.05) is 0 Å². The zero-order valence-corrected chi connectivity index (χ0v) is 12.0. The molecule has 3 nitrogen and oxygen atoms in total. The van der Waals surface area contributed by atoms with Gasteiger partial charge in [-0.15, -0.1) is 0 Å². The summed E-state index contributed by atoms with van der Waals surface area (Å²) in [5.74, 6) is 0.461. The Morgan fingerprint density at radius 3 is 2.63 bits per heavy atom. The van der Waals surface area contributed by atoms with Crippen molar-refractivity contribution in [2.45, 2.75) is 13.5 Å². The lowest BCUT2D eigenvalue weighted by Crippen LogP contribution is -2.14. The summed E-state index contributed by atoms with van der Waals surface area (Å²) in [5.41, 5.74) is 8.34. The molecule has 2 rings (SSSR count). The van der Waals surface area contributed by atoms with Gasteiger partial charge in [0, 0.05) is 11.2 Å². The molecule has 0 unspecified atom stereocenters. The maximum atomic E-state index is 5.83. The van der Waals surface area contributed by atoms with Gasteiger partial charge in [0.2, 0.25) is 5.88 Å². The van der Waals surface area contributed by atoms with Crippen molar-refractivity contribution in [3.8, 4) is 5.88 Å². The fraction of sp³-hybridized carbons (Fsp3) is 0.143. The highest BCUT2D eigenvalue weighted by Crippen LogP contribution is 2.20. The van der Waals surface area contributed by atoms with Crippen molar-refractivity contribution in [3.63, 3.8) is 0 Å². The summed E-state index contributed by atoms with van der Waals surface area (Å²) in [7, 11) is 0. The summed E-state index contributed by atoms with van der Waals surface area (Å²) in [5, 5.41) is 0.696. The number of thiocarbonyl (C=S) groups is 1. The van der Waals surface area contributed by atoms with Crippen LogP contribution in [-0.4, -0.2) is 9.97 Å². The van der Waals surface area contributed by atoms with Gasteiger partial charge in [0.05, 0.1) is 5.56 Å². The maximum absolute atomic E-state index is 5.83. The molecule has 0 spiro atoms. The molecule has 0 aliphatic heterocycles. The molecular weight excluding hydrogens is 280 g/mol. The maximum Gasteiger partial charge on any atom is 0.224 e. The van der Waals surface area contributed by atoms with E-state index in [1.54, 1.807) is 6.20 Å². The van der Waals surface area contributed by atoms with Crippen molar-refractivity contribution in [3.05, 3.63) is 58.2 Å². The molecule has 2 aromatic rings. The molecule has 1 aromatic carbocycles. The van der Waals surface area contributed by atoms with E-state index in [2.05, 4.69) is 4.98 Å². The van der Waals surface area contributed by atoms with Crippen LogP contribution < -0.4 is 10.5 Å². The number of aromatic nitrogens is 1. The Balaban J connectivity index is 2.18. The number of halogens is 1. The van der Waals surface area contributed by atoms with Crippen LogP contribution in [-0.2, 0) is 6.61 Å². The summed E-state index contributed by atoms with van der Waals surface area (Å²) in [4.78, 5) is 4.47. The summed E-state index contributed by atoms with van der Waals surface area (Å²) in [6.45, 7) is 2.31. The Labute approximate surface area is 122 Å². The van der Waals surface area contributed by atoms with Gasteiger partial charge in [-0.25, -0.2) is 4.98 Å². The average molecular weight is 293 g/mol. The van der Waals surface area contributed by atoms with Crippen LogP contribution in [0.4, 0.5) is 0 Å². The molecule has 0 radical (unpaired) electrons. The summed E-state index contributed by atoms with van der Waals surface area (Å²) < 4.78 is 5.68. The minimum Gasteiger partial charge on any atom is -0.472 e. The SMILES string of the molecule is Cc1ccnc(OCc2ccc(Cl)cc2)c1C(N)=S. The van der Waals surface area contributed by atoms with Gasteiger partial charge in [0.1, 0.15) is 11.6 Å². The highest BCUT2D eigenvalue weighted by Gasteiger charge is 2.11. The molecule has 0 saturated carbocycles. The number of nitrogens with zero attached hydrogens (tertiary/aromatic N) is 1. The largest absolute Gasteiger partial charge is 0.472 e. The number of ether oxygens (including phenoxy) is 1. The third kappa shape index (κ3) is 3.43. The lowest BCUT2D eigenvalue weighted by Gasteiger charge is -2.11. The van der Waals surface area contributed by atoms with Crippen LogP contribution >= 0.6 is 23.8 Å². The van der Waals surface area contributed by atoms with Gasteiger partial charge in [-0.1, -0.05) is 36.0 Å². The molecule has 5 heteroatoms. The van der Waals surface area contributed by atoms with E-state index >= 15 is 0 Å². The minimum atomic E-state index is 0.289. The van der Waals surface area contributed by atoms with Crippen LogP contribution in [0.3, 0.4) is 0 Å². The first kappa shape index (κ1) is 13.8. The molecule has 2 N–H and O–H groups in total. The Bertz CT molecular complexity index is 599. The van der Waals surface area contributed by atoms with E-state index in [0.717, 1.165) is 11.1 Å². The number of rotatable bonds is 4. The first-order chi connectivity index (χ1) is 9.08. The van der Waals surface area contributed by atoms with Crippen molar-refractivity contribution < 1.29 is 4.74 Å². The highest BCUT2D eigenvalue weighted by atomic mass is 35.5. The molecule has 1 aromatic heterocycles. The first-order valence-corrected chi connectivity index (χ1v) is 6.49. The van der Waals surface area contributed by atoms with E-state index in [0.29, 0.717) is 23.1 Å². The van der Waals surface area contributed by atoms with Gasteiger partial charge in [-0.05, 0) is 36.2 Å². The molecule has 0 fully saturated rings. The highest BCUT2D eigenvalue weighted by molar-refractivity contribution is 7.80. The zero-order valence-electron chi connectivity index (χ0n) is 10.4. The normalized spacial score (nSPS) is 10.2. The lowest BCUT2D eigenvalue weighted by atomic mass is 10.1. The van der Waals surface area contributed by atoms with Crippen molar-refractivity contribution >= 4 is 28.8 Å². The van der Waals surface area contributed by atoms with Crippen LogP contribution in [0.25, 0.3) is 0 Å². The smallest absolute Gasteiger partial charge is 0.224 e. The molecule has 0 atom stereocenters. The molecular formula is C14H13ClN2OS. The van der Waals surface area contributed by atoms with Crippen molar-refractivity contribution in [2.24, 2.45) is 5.73 Å². The van der Waals surface area contributed by atoms with E-state index in [4.69, 9.17) is 34.3 Å². The summed E-state index contributed by atoms with van der Waals surface area (Å²) in [6, 6.07) is 9.29. The number of nitrogens with two attached hydrogens (primary N) is 1. The third-order valence-electron chi connectivity index (χ3n) is 2.66. The van der Waals surface area contributed by atoms with Gasteiger partial charge in [0.15, 0.2) is 0 Å². The number of hydrogen-bond acceptors (Lipinski definition) is 3. The van der Waals surface area contributed by atoms with Gasteiger partial charge in [-0.2, -0.15) is 0 Å². The molecule has 0 amide bonds. The first-order valence-electron chi connectivity index (χ1n) is 5.70. The number of pyridine rings is 1. The molecule has 19 heavy (non-hydrogen) atoms. The van der Waals surface area contributed by atoms with Crippen molar-refractivity contribution in [1.29, 1.82) is 0 Å². The van der Waals surface area contributed by atoms with E-state index in [1.807, 2.05) is 37.3 Å². The Hall–Kier alpha value is -1.65. The zero-order chi connectivity index (χ0) is 13.8. The van der Waals surface area contributed by atoms with Crippen LogP contribution in [0, 0.1) is 6.92 Å². The fourth-order valence-corrected chi connectivity index (χ4v) is 2.05. The van der Waals surface area contributed by atoms with Crippen LogP contribution in [0.5, 0.6) is 5.88 Å². The van der Waals surface area contributed by atoms with E-state index in [1.165, 1.54) is 0 Å². The second-order valence-electron chi connectivity index (χ2n) is 4.09. The number of hydrogen-bond donors (Lipinski definition) is 1. The van der Waals surface area contributed by atoms with Gasteiger partial charge < -0.3 is 10.5 Å². The Morgan fingerprint density at radius 2 is 2.00 bits per heavy atom. The monoisotopic (exact) mass is 292 g/mol. The molecule has 98 valence electrons. The molecule has 0 aliphatic carbocycles. The predicted octanol–water partition coefficient (Wildman–Crippen LogP) is 3.26. The third-order valence-corrected chi connectivity index (χ3v) is 3.12. The van der Waals surface area contributed by atoms with Crippen LogP contribution in [0.1, 0.15) is 16.7 Å². The quantitative estimate of drug-likeness (QED) is 0.879. The molecule has 0 saturated heterocycles. The summed E-state index contributed by atoms with van der Waals surface area (Å²) in [6.07, 6.45) is 1.67. The average Bonchev–Trinajstić information content (AvgIpc) is 2.37. The van der Waals surface area contributed by atoms with Crippen LogP contribution in [0.15, 0.2) is 36.5 Å². The minimum absolute atomic E-state index is 0.289. The number of benzene rings is 1. The van der Waals surface area contributed by atoms with Gasteiger partial charge in [0.25, 0.3) is 0 Å². The van der Waals surface area contributed by atoms with E-state index in [-0.39, 0.29) is 4.99 Å². The van der Waals surface area contributed by atoms with Gasteiger partial charge >= 0.3 is 0 Å². The lowest BCUT2D eigenvalue weighted by molar-refractivity contribution is 0.293. The second kappa shape index (κ2) is 5.99. The van der Waals surface area contributed by atoms with Crippen LogP contribution in [0.2, 0.25) is 5.02 Å². The predicted molar refractivity (Wildman–Crippen MR) is 80.6 cm³/mol. The van der Waals surface area contributed by atoms with E-state index < -0.39 is 0 Å². The van der Waals surface area contributed by atoms with Gasteiger partial charge in [-0.3, -0.25) is 0 Å². The standard InChI is InChI=1S/C14H13ClN2OS/c1-9-6-7-17-14(12(9)13(16)19)18-8-10-2-4-11(15)5-3-10/h2-7H,8H2,1H3,(H2,16,19). The summed E-state index contributed by atoms with van der Waals surface area (Å²) >= 11 is 10.9. The molecule has 1 heterocycles. The fourth-order valence-electron chi connectivity index (χ4n) is 1.67. The number of aryl methyl sites for hydroxylation is 1. The second-order valence-corrected chi connectivity index (χ2v) is 4.96. The molecule has 0 aliphatic rings. The Morgan fingerprint density at radius 1 is 1.32 bits per heavy atom. The topological polar surface area (TPSA) is 48.1 Å². The Kier molecular flexibility index (Phi) is 4.35.